The van der Waals surface area contributed by atoms with Crippen molar-refractivity contribution in [2.24, 2.45) is 10.9 Å². The third-order valence-electron chi connectivity index (χ3n) is 2.77. The van der Waals surface area contributed by atoms with Crippen LogP contribution in [0, 0.1) is 5.92 Å². The zero-order valence-electron chi connectivity index (χ0n) is 14.9. The Labute approximate surface area is 141 Å². The van der Waals surface area contributed by atoms with Gasteiger partial charge in [-0.15, -0.1) is 0 Å². The molecule has 0 aromatic carbocycles. The molecule has 142 valence electrons. The number of amides is 1. The highest BCUT2D eigenvalue weighted by molar-refractivity contribution is 5.84. The van der Waals surface area contributed by atoms with E-state index in [1.54, 1.807) is 0 Å². The summed E-state index contributed by atoms with van der Waals surface area (Å²) in [5, 5.41) is 5.96. The standard InChI is InChI=1S/C15H29F3N4O2/c1-5-19-14(20-7-6-8-24-10-12(2)3)21-9-13(23)22(4)11-15(16,17)18/h12H,5-11H2,1-4H3,(H2,19,20,21). The topological polar surface area (TPSA) is 66.0 Å². The van der Waals surface area contributed by atoms with Crippen molar-refractivity contribution in [3.05, 3.63) is 0 Å². The van der Waals surface area contributed by atoms with Crippen LogP contribution in [-0.2, 0) is 9.53 Å². The minimum Gasteiger partial charge on any atom is -0.381 e. The maximum absolute atomic E-state index is 12.2. The Morgan fingerprint density at radius 2 is 1.96 bits per heavy atom. The van der Waals surface area contributed by atoms with E-state index in [1.807, 2.05) is 6.92 Å². The van der Waals surface area contributed by atoms with Crippen molar-refractivity contribution in [3.8, 4) is 0 Å². The van der Waals surface area contributed by atoms with Gasteiger partial charge in [0.05, 0.1) is 0 Å². The SMILES string of the molecule is CCNC(=NCC(=O)N(C)CC(F)(F)F)NCCCOCC(C)C. The molecule has 2 N–H and O–H groups in total. The number of alkyl halides is 3. The molecule has 0 unspecified atom stereocenters. The molecule has 0 saturated carbocycles. The maximum Gasteiger partial charge on any atom is 0.406 e. The lowest BCUT2D eigenvalue weighted by Crippen LogP contribution is -2.40. The van der Waals surface area contributed by atoms with E-state index in [-0.39, 0.29) is 6.54 Å². The highest BCUT2D eigenvalue weighted by Crippen LogP contribution is 2.15. The Kier molecular flexibility index (Phi) is 11.2. The first kappa shape index (κ1) is 22.5. The minimum absolute atomic E-state index is 0.342. The Balaban J connectivity index is 4.19. The average Bonchev–Trinajstić information content (AvgIpc) is 2.45. The van der Waals surface area contributed by atoms with Crippen molar-refractivity contribution in [1.29, 1.82) is 0 Å². The van der Waals surface area contributed by atoms with E-state index in [4.69, 9.17) is 4.74 Å². The molecule has 24 heavy (non-hydrogen) atoms. The smallest absolute Gasteiger partial charge is 0.381 e. The number of guanidine groups is 1. The van der Waals surface area contributed by atoms with Crippen LogP contribution in [0.25, 0.3) is 0 Å². The van der Waals surface area contributed by atoms with E-state index < -0.39 is 18.6 Å². The number of ether oxygens (including phenoxy) is 1. The van der Waals surface area contributed by atoms with Gasteiger partial charge in [0.25, 0.3) is 0 Å². The number of carbonyl (C=O) groups excluding carboxylic acids is 1. The van der Waals surface area contributed by atoms with Crippen molar-refractivity contribution in [3.63, 3.8) is 0 Å². The fourth-order valence-electron chi connectivity index (χ4n) is 1.67. The van der Waals surface area contributed by atoms with Crippen molar-refractivity contribution in [2.45, 2.75) is 33.4 Å². The number of hydrogen-bond donors (Lipinski definition) is 2. The molecule has 6 nitrogen and oxygen atoms in total. The lowest BCUT2D eigenvalue weighted by Gasteiger charge is -2.18. The molecule has 1 amide bonds. The molecular weight excluding hydrogens is 325 g/mol. The second-order valence-electron chi connectivity index (χ2n) is 5.81. The monoisotopic (exact) mass is 354 g/mol. The van der Waals surface area contributed by atoms with E-state index in [0.29, 0.717) is 43.1 Å². The Morgan fingerprint density at radius 1 is 1.29 bits per heavy atom. The fourth-order valence-corrected chi connectivity index (χ4v) is 1.67. The molecular formula is C15H29F3N4O2. The largest absolute Gasteiger partial charge is 0.406 e. The van der Waals surface area contributed by atoms with Crippen LogP contribution in [0.2, 0.25) is 0 Å². The molecule has 0 aromatic heterocycles. The van der Waals surface area contributed by atoms with Crippen LogP contribution in [0.3, 0.4) is 0 Å². The maximum atomic E-state index is 12.2. The number of hydrogen-bond acceptors (Lipinski definition) is 3. The number of aliphatic imine (C=N–C) groups is 1. The van der Waals surface area contributed by atoms with Gasteiger partial charge in [-0.25, -0.2) is 4.99 Å². The second kappa shape index (κ2) is 11.9. The number of nitrogens with zero attached hydrogens (tertiary/aromatic N) is 2. The molecule has 9 heteroatoms. The number of halogens is 3. The van der Waals surface area contributed by atoms with Gasteiger partial charge in [-0.05, 0) is 19.3 Å². The number of rotatable bonds is 10. The summed E-state index contributed by atoms with van der Waals surface area (Å²) in [5.74, 6) is 0.191. The normalized spacial score (nSPS) is 12.4. The summed E-state index contributed by atoms with van der Waals surface area (Å²) in [6.07, 6.45) is -3.65. The summed E-state index contributed by atoms with van der Waals surface area (Å²) in [6.45, 7) is 6.87. The summed E-state index contributed by atoms with van der Waals surface area (Å²) < 4.78 is 42.2. The summed E-state index contributed by atoms with van der Waals surface area (Å²) in [4.78, 5) is 16.3. The predicted molar refractivity (Wildman–Crippen MR) is 87.9 cm³/mol. The Bertz CT molecular complexity index is 387. The third-order valence-corrected chi connectivity index (χ3v) is 2.77. The molecule has 0 heterocycles. The van der Waals surface area contributed by atoms with Crippen LogP contribution < -0.4 is 10.6 Å². The van der Waals surface area contributed by atoms with Gasteiger partial charge in [0.15, 0.2) is 5.96 Å². The van der Waals surface area contributed by atoms with Gasteiger partial charge >= 0.3 is 6.18 Å². The first-order valence-electron chi connectivity index (χ1n) is 8.06. The molecule has 0 fully saturated rings. The van der Waals surface area contributed by atoms with E-state index >= 15 is 0 Å². The number of likely N-dealkylation sites (N-methyl/N-ethyl adjacent to an activating group) is 1. The summed E-state index contributed by atoms with van der Waals surface area (Å²) >= 11 is 0. The molecule has 0 saturated heterocycles. The van der Waals surface area contributed by atoms with Gasteiger partial charge in [-0.3, -0.25) is 4.79 Å². The van der Waals surface area contributed by atoms with Crippen molar-refractivity contribution in [1.82, 2.24) is 15.5 Å². The van der Waals surface area contributed by atoms with Crippen LogP contribution in [0.4, 0.5) is 13.2 Å². The molecule has 0 aliphatic carbocycles. The van der Waals surface area contributed by atoms with Crippen molar-refractivity contribution >= 4 is 11.9 Å². The van der Waals surface area contributed by atoms with Gasteiger partial charge in [-0.2, -0.15) is 13.2 Å². The van der Waals surface area contributed by atoms with Crippen LogP contribution in [-0.4, -0.2) is 69.4 Å². The zero-order chi connectivity index (χ0) is 18.6. The molecule has 0 atom stereocenters. The summed E-state index contributed by atoms with van der Waals surface area (Å²) in [6, 6.07) is 0. The van der Waals surface area contributed by atoms with Crippen molar-refractivity contribution < 1.29 is 22.7 Å². The lowest BCUT2D eigenvalue weighted by atomic mass is 10.2. The lowest BCUT2D eigenvalue weighted by molar-refractivity contribution is -0.157. The molecule has 0 spiro atoms. The summed E-state index contributed by atoms with van der Waals surface area (Å²) in [7, 11) is 1.11. The summed E-state index contributed by atoms with van der Waals surface area (Å²) in [5.41, 5.74) is 0. The van der Waals surface area contributed by atoms with E-state index in [2.05, 4.69) is 29.5 Å². The highest BCUT2D eigenvalue weighted by Gasteiger charge is 2.30. The first-order valence-corrected chi connectivity index (χ1v) is 8.06. The number of carbonyl (C=O) groups is 1. The first-order chi connectivity index (χ1) is 11.2. The van der Waals surface area contributed by atoms with Crippen LogP contribution in [0.1, 0.15) is 27.2 Å². The minimum atomic E-state index is -4.41. The predicted octanol–water partition coefficient (Wildman–Crippen LogP) is 1.62. The fraction of sp³-hybridized carbons (Fsp3) is 0.867. The van der Waals surface area contributed by atoms with Gasteiger partial charge in [0.2, 0.25) is 5.91 Å². The molecule has 0 bridgehead atoms. The highest BCUT2D eigenvalue weighted by atomic mass is 19.4. The van der Waals surface area contributed by atoms with Gasteiger partial charge in [-0.1, -0.05) is 13.8 Å². The van der Waals surface area contributed by atoms with Crippen LogP contribution in [0.15, 0.2) is 4.99 Å². The van der Waals surface area contributed by atoms with E-state index in [1.165, 1.54) is 0 Å². The average molecular weight is 354 g/mol. The van der Waals surface area contributed by atoms with E-state index in [0.717, 1.165) is 13.5 Å². The Morgan fingerprint density at radius 3 is 2.50 bits per heavy atom. The molecule has 0 aliphatic heterocycles. The second-order valence-corrected chi connectivity index (χ2v) is 5.81. The van der Waals surface area contributed by atoms with Crippen LogP contribution >= 0.6 is 0 Å². The van der Waals surface area contributed by atoms with E-state index in [9.17, 15) is 18.0 Å². The zero-order valence-corrected chi connectivity index (χ0v) is 14.9. The Hall–Kier alpha value is -1.51. The number of nitrogens with one attached hydrogen (secondary N) is 2. The van der Waals surface area contributed by atoms with Crippen LogP contribution in [0.5, 0.6) is 0 Å². The van der Waals surface area contributed by atoms with Gasteiger partial charge < -0.3 is 20.3 Å². The molecule has 0 aromatic rings. The van der Waals surface area contributed by atoms with Gasteiger partial charge in [0, 0.05) is 33.4 Å². The quantitative estimate of drug-likeness (QED) is 0.355. The van der Waals surface area contributed by atoms with Gasteiger partial charge in [0.1, 0.15) is 13.1 Å². The molecule has 0 radical (unpaired) electrons. The van der Waals surface area contributed by atoms with Crippen molar-refractivity contribution in [2.75, 3.05) is 46.4 Å². The molecule has 0 rings (SSSR count). The molecule has 0 aliphatic rings. The third kappa shape index (κ3) is 13.0.